The summed E-state index contributed by atoms with van der Waals surface area (Å²) in [5.74, 6) is 1.11. The molecule has 1 saturated heterocycles. The average Bonchev–Trinajstić information content (AvgIpc) is 3.64. The standard InChI is InChI=1S/C29H33N3O6/c1-30(24(34)14-18-3-2-4-20(13-18)32(36)37)21-9-10-29(35)23-15-19-7-8-22(33)26-25(19)28(29,27(21)38-26)11-12-31(23)16-17-5-6-17/h2-4,7-8,13,17,21,23,27,33,35H,5-6,9-12,14-16H2,1H3/t21?,23-,27?,28+,29?/m1/s1. The number of piperidine rings is 1. The number of carbonyl (C=O) groups excluding carboxylic acids is 1. The molecule has 2 heterocycles. The van der Waals surface area contributed by atoms with Crippen LogP contribution >= 0.6 is 0 Å². The van der Waals surface area contributed by atoms with Crippen LogP contribution in [0.15, 0.2) is 36.4 Å². The van der Waals surface area contributed by atoms with E-state index < -0.39 is 22.0 Å². The van der Waals surface area contributed by atoms with Crippen LogP contribution in [-0.4, -0.2) is 74.8 Å². The predicted octanol–water partition coefficient (Wildman–Crippen LogP) is 2.93. The Kier molecular flexibility index (Phi) is 5.14. The van der Waals surface area contributed by atoms with Gasteiger partial charge in [-0.15, -0.1) is 0 Å². The highest BCUT2D eigenvalue weighted by atomic mass is 16.6. The molecule has 0 aromatic heterocycles. The molecule has 3 unspecified atom stereocenters. The highest BCUT2D eigenvalue weighted by Gasteiger charge is 2.73. The first kappa shape index (κ1) is 23.9. The molecule has 200 valence electrons. The third-order valence-electron chi connectivity index (χ3n) is 10.1. The molecule has 2 saturated carbocycles. The number of phenols is 1. The van der Waals surface area contributed by atoms with E-state index in [-0.39, 0.29) is 35.8 Å². The van der Waals surface area contributed by atoms with Crippen LogP contribution in [0.2, 0.25) is 0 Å². The van der Waals surface area contributed by atoms with E-state index in [1.54, 1.807) is 30.1 Å². The number of likely N-dealkylation sites (N-methyl/N-ethyl adjacent to an activating group) is 1. The topological polar surface area (TPSA) is 116 Å². The Labute approximate surface area is 221 Å². The molecule has 2 bridgehead atoms. The van der Waals surface area contributed by atoms with Gasteiger partial charge in [0.2, 0.25) is 5.91 Å². The summed E-state index contributed by atoms with van der Waals surface area (Å²) in [6.07, 6.45) is 4.65. The number of amides is 1. The molecule has 2 aromatic rings. The quantitative estimate of drug-likeness (QED) is 0.445. The molecular weight excluding hydrogens is 486 g/mol. The number of non-ortho nitro benzene ring substituents is 1. The normalized spacial score (nSPS) is 32.8. The van der Waals surface area contributed by atoms with Gasteiger partial charge < -0.3 is 19.8 Å². The zero-order valence-electron chi connectivity index (χ0n) is 21.5. The summed E-state index contributed by atoms with van der Waals surface area (Å²) in [7, 11) is 1.76. The van der Waals surface area contributed by atoms with Gasteiger partial charge in [0, 0.05) is 37.3 Å². The summed E-state index contributed by atoms with van der Waals surface area (Å²) in [4.78, 5) is 28.4. The Bertz CT molecular complexity index is 1340. The number of aromatic hydroxyl groups is 1. The van der Waals surface area contributed by atoms with E-state index in [2.05, 4.69) is 4.90 Å². The van der Waals surface area contributed by atoms with Crippen LogP contribution in [0.5, 0.6) is 11.5 Å². The minimum Gasteiger partial charge on any atom is -0.504 e. The van der Waals surface area contributed by atoms with E-state index in [9.17, 15) is 25.1 Å². The van der Waals surface area contributed by atoms with Crippen LogP contribution < -0.4 is 4.74 Å². The molecule has 3 aliphatic carbocycles. The number of nitro groups is 1. The smallest absolute Gasteiger partial charge is 0.269 e. The highest BCUT2D eigenvalue weighted by Crippen LogP contribution is 2.66. The number of nitrogens with zero attached hydrogens (tertiary/aromatic N) is 3. The van der Waals surface area contributed by atoms with Gasteiger partial charge in [-0.1, -0.05) is 18.2 Å². The molecule has 0 radical (unpaired) electrons. The van der Waals surface area contributed by atoms with Gasteiger partial charge in [-0.05, 0) is 68.2 Å². The molecule has 2 aliphatic heterocycles. The first-order valence-corrected chi connectivity index (χ1v) is 13.7. The molecule has 9 heteroatoms. The van der Waals surface area contributed by atoms with Gasteiger partial charge in [0.1, 0.15) is 6.10 Å². The number of rotatable bonds is 6. The first-order chi connectivity index (χ1) is 18.2. The van der Waals surface area contributed by atoms with Crippen molar-refractivity contribution in [3.63, 3.8) is 0 Å². The van der Waals surface area contributed by atoms with E-state index in [1.807, 2.05) is 6.07 Å². The van der Waals surface area contributed by atoms with Crippen molar-refractivity contribution in [2.45, 2.75) is 74.1 Å². The van der Waals surface area contributed by atoms with Crippen molar-refractivity contribution >= 4 is 11.6 Å². The van der Waals surface area contributed by atoms with E-state index in [1.165, 1.54) is 25.0 Å². The molecule has 2 N–H and O–H groups in total. The lowest BCUT2D eigenvalue weighted by molar-refractivity contribution is -0.384. The van der Waals surface area contributed by atoms with E-state index >= 15 is 0 Å². The van der Waals surface area contributed by atoms with Gasteiger partial charge in [0.15, 0.2) is 11.5 Å². The van der Waals surface area contributed by atoms with Gasteiger partial charge in [-0.25, -0.2) is 0 Å². The molecule has 5 aliphatic rings. The largest absolute Gasteiger partial charge is 0.504 e. The molecule has 1 amide bonds. The maximum Gasteiger partial charge on any atom is 0.269 e. The minimum atomic E-state index is -1.00. The molecule has 7 rings (SSSR count). The zero-order valence-corrected chi connectivity index (χ0v) is 21.5. The number of benzene rings is 2. The molecule has 1 spiro atoms. The van der Waals surface area contributed by atoms with Crippen molar-refractivity contribution in [3.05, 3.63) is 63.2 Å². The number of aliphatic hydroxyl groups is 1. The summed E-state index contributed by atoms with van der Waals surface area (Å²) in [5, 5.41) is 34.6. The van der Waals surface area contributed by atoms with Gasteiger partial charge in [0.05, 0.1) is 28.4 Å². The number of ether oxygens (including phenoxy) is 1. The second kappa shape index (κ2) is 8.16. The van der Waals surface area contributed by atoms with E-state index in [4.69, 9.17) is 4.74 Å². The van der Waals surface area contributed by atoms with E-state index in [0.29, 0.717) is 36.5 Å². The van der Waals surface area contributed by atoms with Crippen LogP contribution in [0.1, 0.15) is 48.8 Å². The van der Waals surface area contributed by atoms with Gasteiger partial charge in [-0.2, -0.15) is 0 Å². The number of nitro benzene ring substituents is 1. The number of likely N-dealkylation sites (tertiary alicyclic amines) is 1. The Morgan fingerprint density at radius 3 is 2.82 bits per heavy atom. The lowest BCUT2D eigenvalue weighted by Crippen LogP contribution is -2.78. The van der Waals surface area contributed by atoms with Crippen molar-refractivity contribution in [2.24, 2.45) is 5.92 Å². The SMILES string of the molecule is CN(C(=O)Cc1cccc([N+](=O)[O-])c1)C1CCC2(O)[C@H]3Cc4ccc(O)c5c4[C@@]2(CCN3CC2CC2)C1O5. The summed E-state index contributed by atoms with van der Waals surface area (Å²) in [6.45, 7) is 1.87. The van der Waals surface area contributed by atoms with Crippen molar-refractivity contribution < 1.29 is 24.7 Å². The Morgan fingerprint density at radius 2 is 2.05 bits per heavy atom. The zero-order chi connectivity index (χ0) is 26.4. The summed E-state index contributed by atoms with van der Waals surface area (Å²) in [6, 6.07) is 9.55. The third kappa shape index (κ3) is 3.21. The summed E-state index contributed by atoms with van der Waals surface area (Å²) in [5.41, 5.74) is 0.921. The molecule has 2 aromatic carbocycles. The minimum absolute atomic E-state index is 0.0160. The lowest BCUT2D eigenvalue weighted by atomic mass is 9.48. The maximum atomic E-state index is 13.5. The molecule has 5 atom stereocenters. The fourth-order valence-corrected chi connectivity index (χ4v) is 8.12. The predicted molar refractivity (Wildman–Crippen MR) is 138 cm³/mol. The fourth-order valence-electron chi connectivity index (χ4n) is 8.12. The van der Waals surface area contributed by atoms with Gasteiger partial charge >= 0.3 is 0 Å². The number of hydrogen-bond donors (Lipinski definition) is 2. The van der Waals surface area contributed by atoms with Gasteiger partial charge in [0.25, 0.3) is 5.69 Å². The number of carbonyl (C=O) groups is 1. The Morgan fingerprint density at radius 1 is 1.24 bits per heavy atom. The number of phenolic OH excluding ortho intramolecular Hbond substituents is 1. The van der Waals surface area contributed by atoms with Crippen molar-refractivity contribution in [3.8, 4) is 11.5 Å². The van der Waals surface area contributed by atoms with Crippen LogP contribution in [0, 0.1) is 16.0 Å². The lowest BCUT2D eigenvalue weighted by Gasteiger charge is -2.64. The van der Waals surface area contributed by atoms with Gasteiger partial charge in [-0.3, -0.25) is 19.8 Å². The van der Waals surface area contributed by atoms with Crippen LogP contribution in [0.3, 0.4) is 0 Å². The molecular formula is C29H33N3O6. The number of hydrogen-bond acceptors (Lipinski definition) is 7. The van der Waals surface area contributed by atoms with Crippen molar-refractivity contribution in [1.82, 2.24) is 9.80 Å². The van der Waals surface area contributed by atoms with Crippen LogP contribution in [0.25, 0.3) is 0 Å². The molecule has 9 nitrogen and oxygen atoms in total. The fraction of sp³-hybridized carbons (Fsp3) is 0.552. The van der Waals surface area contributed by atoms with Crippen LogP contribution in [0.4, 0.5) is 5.69 Å². The Hall–Kier alpha value is -3.17. The maximum absolute atomic E-state index is 13.5. The first-order valence-electron chi connectivity index (χ1n) is 13.7. The van der Waals surface area contributed by atoms with E-state index in [0.717, 1.165) is 30.6 Å². The Balaban J connectivity index is 1.24. The van der Waals surface area contributed by atoms with Crippen molar-refractivity contribution in [2.75, 3.05) is 20.1 Å². The highest BCUT2D eigenvalue weighted by molar-refractivity contribution is 5.79. The second-order valence-electron chi connectivity index (χ2n) is 12.0. The average molecular weight is 520 g/mol. The monoisotopic (exact) mass is 519 g/mol. The van der Waals surface area contributed by atoms with Crippen LogP contribution in [-0.2, 0) is 23.1 Å². The molecule has 3 fully saturated rings. The second-order valence-corrected chi connectivity index (χ2v) is 12.0. The molecule has 38 heavy (non-hydrogen) atoms. The van der Waals surface area contributed by atoms with Crippen molar-refractivity contribution in [1.29, 1.82) is 0 Å². The third-order valence-corrected chi connectivity index (χ3v) is 10.1. The summed E-state index contributed by atoms with van der Waals surface area (Å²) >= 11 is 0. The summed E-state index contributed by atoms with van der Waals surface area (Å²) < 4.78 is 6.58.